The topological polar surface area (TPSA) is 59.1 Å². The molecule has 10 heteroatoms. The Morgan fingerprint density at radius 1 is 1.20 bits per heavy atom. The van der Waals surface area contributed by atoms with Crippen molar-refractivity contribution in [3.8, 4) is 5.75 Å². The van der Waals surface area contributed by atoms with E-state index in [2.05, 4.69) is 9.64 Å². The molecule has 1 saturated heterocycles. The number of ether oxygens (including phenoxy) is 2. The van der Waals surface area contributed by atoms with Crippen molar-refractivity contribution in [3.63, 3.8) is 0 Å². The molecule has 1 aliphatic rings. The lowest BCUT2D eigenvalue weighted by atomic mass is 10.0. The monoisotopic (exact) mass is 460 g/mol. The number of likely N-dealkylation sites (tertiary alicyclic amines) is 1. The van der Waals surface area contributed by atoms with E-state index in [9.17, 15) is 17.2 Å². The second kappa shape index (κ2) is 10.6. The highest BCUT2D eigenvalue weighted by Crippen LogP contribution is 2.28. The zero-order valence-electron chi connectivity index (χ0n) is 16.7. The average Bonchev–Trinajstić information content (AvgIpc) is 3.26. The predicted molar refractivity (Wildman–Crippen MR) is 111 cm³/mol. The molecular weight excluding hydrogens is 434 g/mol. The first-order valence-electron chi connectivity index (χ1n) is 9.71. The number of hydrogen-bond donors (Lipinski definition) is 0. The fourth-order valence-electron chi connectivity index (χ4n) is 3.66. The summed E-state index contributed by atoms with van der Waals surface area (Å²) in [4.78, 5) is 2.14. The summed E-state index contributed by atoms with van der Waals surface area (Å²) < 4.78 is 63.1. The number of nitrogens with zero attached hydrogens (tertiary/aromatic N) is 2. The number of para-hydroxylation sites is 1. The summed E-state index contributed by atoms with van der Waals surface area (Å²) >= 11 is 1.21. The van der Waals surface area contributed by atoms with Gasteiger partial charge in [0.15, 0.2) is 0 Å². The maximum Gasteiger partial charge on any atom is 0.387 e. The van der Waals surface area contributed by atoms with Gasteiger partial charge in [-0.15, -0.1) is 11.3 Å². The van der Waals surface area contributed by atoms with E-state index >= 15 is 0 Å². The minimum atomic E-state index is -3.58. The first-order valence-corrected chi connectivity index (χ1v) is 12.0. The molecule has 0 N–H and O–H groups in total. The van der Waals surface area contributed by atoms with Crippen LogP contribution in [0.25, 0.3) is 0 Å². The van der Waals surface area contributed by atoms with Gasteiger partial charge >= 0.3 is 6.61 Å². The van der Waals surface area contributed by atoms with E-state index in [4.69, 9.17) is 4.74 Å². The normalized spacial score (nSPS) is 16.4. The number of hydrogen-bond acceptors (Lipinski definition) is 6. The Labute approximate surface area is 180 Å². The Balaban J connectivity index is 1.66. The van der Waals surface area contributed by atoms with E-state index in [1.165, 1.54) is 17.4 Å². The third-order valence-corrected chi connectivity index (χ3v) is 8.45. The van der Waals surface area contributed by atoms with Crippen LogP contribution < -0.4 is 4.74 Å². The summed E-state index contributed by atoms with van der Waals surface area (Å²) in [6, 6.07) is 9.99. The first-order chi connectivity index (χ1) is 14.4. The van der Waals surface area contributed by atoms with Gasteiger partial charge in [-0.25, -0.2) is 8.42 Å². The summed E-state index contributed by atoms with van der Waals surface area (Å²) in [5.74, 6) is 0.177. The van der Waals surface area contributed by atoms with Crippen LogP contribution in [0.4, 0.5) is 8.78 Å². The quantitative estimate of drug-likeness (QED) is 0.542. The van der Waals surface area contributed by atoms with Crippen LogP contribution in [-0.4, -0.2) is 63.6 Å². The maximum absolute atomic E-state index is 13.1. The number of methoxy groups -OCH3 is 1. The van der Waals surface area contributed by atoms with Crippen molar-refractivity contribution in [3.05, 3.63) is 47.3 Å². The van der Waals surface area contributed by atoms with Gasteiger partial charge in [-0.1, -0.05) is 24.3 Å². The van der Waals surface area contributed by atoms with Crippen molar-refractivity contribution < 1.29 is 26.7 Å². The van der Waals surface area contributed by atoms with E-state index in [0.29, 0.717) is 55.4 Å². The van der Waals surface area contributed by atoms with Crippen molar-refractivity contribution in [2.75, 3.05) is 33.4 Å². The molecular formula is C20H26F2N2O4S2. The number of piperidine rings is 1. The molecule has 0 aliphatic carbocycles. The van der Waals surface area contributed by atoms with Crippen LogP contribution in [-0.2, 0) is 21.3 Å². The molecule has 2 heterocycles. The Bertz CT molecular complexity index is 886. The highest BCUT2D eigenvalue weighted by Gasteiger charge is 2.34. The van der Waals surface area contributed by atoms with Gasteiger partial charge in [-0.3, -0.25) is 4.90 Å². The lowest BCUT2D eigenvalue weighted by Crippen LogP contribution is -2.48. The van der Waals surface area contributed by atoms with E-state index < -0.39 is 16.6 Å². The number of rotatable bonds is 10. The molecule has 0 amide bonds. The van der Waals surface area contributed by atoms with Gasteiger partial charge in [-0.05, 0) is 30.4 Å². The van der Waals surface area contributed by atoms with Gasteiger partial charge < -0.3 is 9.47 Å². The lowest BCUT2D eigenvalue weighted by Gasteiger charge is -2.37. The number of halogens is 2. The van der Waals surface area contributed by atoms with Crippen molar-refractivity contribution in [1.29, 1.82) is 0 Å². The van der Waals surface area contributed by atoms with Gasteiger partial charge in [0.25, 0.3) is 10.0 Å². The van der Waals surface area contributed by atoms with Crippen LogP contribution in [0.15, 0.2) is 46.0 Å². The van der Waals surface area contributed by atoms with Crippen LogP contribution in [0.3, 0.4) is 0 Å². The molecule has 3 rings (SSSR count). The molecule has 1 aromatic carbocycles. The minimum absolute atomic E-state index is 0.129. The zero-order chi connectivity index (χ0) is 21.6. The van der Waals surface area contributed by atoms with Crippen LogP contribution in [0.5, 0.6) is 5.75 Å². The number of benzene rings is 1. The number of alkyl halides is 2. The highest BCUT2D eigenvalue weighted by molar-refractivity contribution is 7.91. The van der Waals surface area contributed by atoms with Crippen LogP contribution >= 0.6 is 11.3 Å². The van der Waals surface area contributed by atoms with Gasteiger partial charge in [0.1, 0.15) is 9.96 Å². The Kier molecular flexibility index (Phi) is 8.18. The number of thiophene rings is 1. The molecule has 0 radical (unpaired) electrons. The highest BCUT2D eigenvalue weighted by atomic mass is 32.2. The molecule has 1 aliphatic heterocycles. The SMILES string of the molecule is COCCN(C1CCN(Cc2ccccc2OC(F)F)CC1)S(=O)(=O)c1cccs1. The summed E-state index contributed by atoms with van der Waals surface area (Å²) in [5, 5.41) is 1.75. The van der Waals surface area contributed by atoms with E-state index in [0.717, 1.165) is 0 Å². The van der Waals surface area contributed by atoms with Crippen molar-refractivity contribution in [2.45, 2.75) is 36.2 Å². The van der Waals surface area contributed by atoms with Crippen LogP contribution in [0, 0.1) is 0 Å². The molecule has 0 unspecified atom stereocenters. The second-order valence-electron chi connectivity index (χ2n) is 7.03. The molecule has 0 atom stereocenters. The standard InChI is InChI=1S/C20H26F2N2O4S2/c1-27-13-12-24(30(25,26)19-7-4-14-29-19)17-8-10-23(11-9-17)15-16-5-2-3-6-18(16)28-20(21)22/h2-7,14,17,20H,8-13,15H2,1H3. The molecule has 0 spiro atoms. The van der Waals surface area contributed by atoms with E-state index in [1.54, 1.807) is 47.1 Å². The fraction of sp³-hybridized carbons (Fsp3) is 0.500. The molecule has 0 bridgehead atoms. The molecule has 2 aromatic rings. The molecule has 30 heavy (non-hydrogen) atoms. The molecule has 0 saturated carbocycles. The molecule has 166 valence electrons. The largest absolute Gasteiger partial charge is 0.434 e. The zero-order valence-corrected chi connectivity index (χ0v) is 18.4. The van der Waals surface area contributed by atoms with Gasteiger partial charge in [0, 0.05) is 44.9 Å². The summed E-state index contributed by atoms with van der Waals surface area (Å²) in [7, 11) is -2.02. The molecule has 1 fully saturated rings. The minimum Gasteiger partial charge on any atom is -0.434 e. The third-order valence-electron chi connectivity index (χ3n) is 5.12. The lowest BCUT2D eigenvalue weighted by molar-refractivity contribution is -0.0508. The van der Waals surface area contributed by atoms with Gasteiger partial charge in [0.05, 0.1) is 6.61 Å². The predicted octanol–water partition coefficient (Wildman–Crippen LogP) is 3.65. The van der Waals surface area contributed by atoms with Crippen molar-refractivity contribution in [2.24, 2.45) is 0 Å². The average molecular weight is 461 g/mol. The van der Waals surface area contributed by atoms with E-state index in [1.807, 2.05) is 0 Å². The Hall–Kier alpha value is -1.59. The van der Waals surface area contributed by atoms with Crippen LogP contribution in [0.1, 0.15) is 18.4 Å². The fourth-order valence-corrected chi connectivity index (χ4v) is 6.45. The van der Waals surface area contributed by atoms with Gasteiger partial charge in [0.2, 0.25) is 0 Å². The second-order valence-corrected chi connectivity index (χ2v) is 10.1. The van der Waals surface area contributed by atoms with E-state index in [-0.39, 0.29) is 11.8 Å². The van der Waals surface area contributed by atoms with Crippen molar-refractivity contribution in [1.82, 2.24) is 9.21 Å². The Morgan fingerprint density at radius 3 is 2.57 bits per heavy atom. The van der Waals surface area contributed by atoms with Crippen LogP contribution in [0.2, 0.25) is 0 Å². The number of sulfonamides is 1. The summed E-state index contributed by atoms with van der Waals surface area (Å²) in [6.07, 6.45) is 1.32. The first kappa shape index (κ1) is 23.1. The summed E-state index contributed by atoms with van der Waals surface area (Å²) in [6.45, 7) is -0.441. The van der Waals surface area contributed by atoms with Gasteiger partial charge in [-0.2, -0.15) is 13.1 Å². The maximum atomic E-state index is 13.1. The third kappa shape index (κ3) is 5.76. The Morgan fingerprint density at radius 2 is 1.93 bits per heavy atom. The summed E-state index contributed by atoms with van der Waals surface area (Å²) in [5.41, 5.74) is 0.693. The van der Waals surface area contributed by atoms with Crippen molar-refractivity contribution >= 4 is 21.4 Å². The molecule has 6 nitrogen and oxygen atoms in total. The molecule has 1 aromatic heterocycles. The smallest absolute Gasteiger partial charge is 0.387 e.